The molecule has 0 radical (unpaired) electrons. The van der Waals surface area contributed by atoms with E-state index in [-0.39, 0.29) is 0 Å². The first kappa shape index (κ1) is 16.0. The molecule has 2 aromatic heterocycles. The molecular formula is C16H21ClN6. The molecule has 1 fully saturated rings. The topological polar surface area (TPSA) is 48.4 Å². The molecule has 23 heavy (non-hydrogen) atoms. The minimum absolute atomic E-state index is 0.604. The first-order chi connectivity index (χ1) is 11.1. The Morgan fingerprint density at radius 1 is 1.04 bits per heavy atom. The van der Waals surface area contributed by atoms with Gasteiger partial charge in [-0.15, -0.1) is 0 Å². The monoisotopic (exact) mass is 332 g/mol. The fourth-order valence-corrected chi connectivity index (χ4v) is 2.97. The van der Waals surface area contributed by atoms with E-state index in [1.807, 2.05) is 6.20 Å². The number of anilines is 2. The van der Waals surface area contributed by atoms with Crippen molar-refractivity contribution in [3.8, 4) is 0 Å². The molecule has 3 heterocycles. The summed E-state index contributed by atoms with van der Waals surface area (Å²) in [5, 5.41) is 0.604. The zero-order valence-corrected chi connectivity index (χ0v) is 14.2. The molecule has 3 rings (SSSR count). The number of aromatic nitrogens is 3. The highest BCUT2D eigenvalue weighted by Gasteiger charge is 2.20. The van der Waals surface area contributed by atoms with Crippen LogP contribution in [0.2, 0.25) is 5.02 Å². The first-order valence-electron chi connectivity index (χ1n) is 7.68. The van der Waals surface area contributed by atoms with Gasteiger partial charge in [-0.25, -0.2) is 15.0 Å². The van der Waals surface area contributed by atoms with Crippen molar-refractivity contribution in [1.82, 2.24) is 19.9 Å². The molecule has 7 heteroatoms. The van der Waals surface area contributed by atoms with Gasteiger partial charge >= 0.3 is 0 Å². The predicted molar refractivity (Wildman–Crippen MR) is 93.1 cm³/mol. The van der Waals surface area contributed by atoms with Gasteiger partial charge in [-0.1, -0.05) is 17.7 Å². The molecule has 0 saturated carbocycles. The van der Waals surface area contributed by atoms with Gasteiger partial charge in [0.1, 0.15) is 17.2 Å². The molecule has 0 atom stereocenters. The van der Waals surface area contributed by atoms with E-state index in [0.29, 0.717) is 5.02 Å². The van der Waals surface area contributed by atoms with Gasteiger partial charge < -0.3 is 14.7 Å². The number of halogens is 1. The van der Waals surface area contributed by atoms with E-state index in [1.54, 1.807) is 12.5 Å². The van der Waals surface area contributed by atoms with Crippen LogP contribution < -0.4 is 9.80 Å². The lowest BCUT2D eigenvalue weighted by Gasteiger charge is -2.36. The van der Waals surface area contributed by atoms with Crippen molar-refractivity contribution in [3.05, 3.63) is 41.4 Å². The lowest BCUT2D eigenvalue weighted by molar-refractivity contribution is 0.402. The number of pyridine rings is 1. The van der Waals surface area contributed by atoms with Crippen LogP contribution in [0.15, 0.2) is 30.9 Å². The van der Waals surface area contributed by atoms with Crippen LogP contribution in [0, 0.1) is 0 Å². The van der Waals surface area contributed by atoms with Crippen LogP contribution in [-0.2, 0) is 6.54 Å². The minimum Gasteiger partial charge on any atom is -0.353 e. The van der Waals surface area contributed by atoms with Gasteiger partial charge in [0.05, 0.1) is 6.20 Å². The van der Waals surface area contributed by atoms with E-state index >= 15 is 0 Å². The second-order valence-corrected chi connectivity index (χ2v) is 6.34. The molecule has 6 nitrogen and oxygen atoms in total. The average molecular weight is 333 g/mol. The molecule has 0 aliphatic carbocycles. The quantitative estimate of drug-likeness (QED) is 0.852. The molecule has 122 valence electrons. The summed E-state index contributed by atoms with van der Waals surface area (Å²) in [6.07, 6.45) is 5.14. The van der Waals surface area contributed by atoms with Gasteiger partial charge in [0.2, 0.25) is 0 Å². The molecule has 0 N–H and O–H groups in total. The third kappa shape index (κ3) is 3.89. The third-order valence-electron chi connectivity index (χ3n) is 3.86. The fraction of sp³-hybridized carbons (Fsp3) is 0.438. The average Bonchev–Trinajstić information content (AvgIpc) is 2.56. The van der Waals surface area contributed by atoms with Gasteiger partial charge in [0, 0.05) is 38.9 Å². The van der Waals surface area contributed by atoms with Crippen molar-refractivity contribution in [1.29, 1.82) is 0 Å². The fourth-order valence-electron chi connectivity index (χ4n) is 2.75. The highest BCUT2D eigenvalue weighted by molar-refractivity contribution is 6.32. The zero-order chi connectivity index (χ0) is 16.2. The molecule has 1 aliphatic rings. The van der Waals surface area contributed by atoms with Crippen molar-refractivity contribution in [2.75, 3.05) is 50.1 Å². The van der Waals surface area contributed by atoms with Crippen LogP contribution in [-0.4, -0.2) is 60.1 Å². The molecule has 1 saturated heterocycles. The second-order valence-electron chi connectivity index (χ2n) is 5.93. The Kier molecular flexibility index (Phi) is 4.93. The summed E-state index contributed by atoms with van der Waals surface area (Å²) < 4.78 is 0. The number of hydrogen-bond acceptors (Lipinski definition) is 6. The van der Waals surface area contributed by atoms with Crippen LogP contribution in [0.1, 0.15) is 5.56 Å². The van der Waals surface area contributed by atoms with Crippen LogP contribution in [0.4, 0.5) is 11.6 Å². The largest absolute Gasteiger partial charge is 0.353 e. The standard InChI is InChI=1S/C16H21ClN6/c1-21(2)11-13-3-4-15(19-9-13)22-5-7-23(8-6-22)16-14(17)10-18-12-20-16/h3-4,9-10,12H,5-8,11H2,1-2H3. The maximum absolute atomic E-state index is 6.17. The second kappa shape index (κ2) is 7.10. The Hall–Kier alpha value is -1.92. The third-order valence-corrected chi connectivity index (χ3v) is 4.13. The van der Waals surface area contributed by atoms with E-state index < -0.39 is 0 Å². The first-order valence-corrected chi connectivity index (χ1v) is 8.06. The minimum atomic E-state index is 0.604. The predicted octanol–water partition coefficient (Wildman–Crippen LogP) is 1.91. The summed E-state index contributed by atoms with van der Waals surface area (Å²) in [6.45, 7) is 4.46. The zero-order valence-electron chi connectivity index (χ0n) is 13.5. The van der Waals surface area contributed by atoms with Crippen LogP contribution in [0.3, 0.4) is 0 Å². The van der Waals surface area contributed by atoms with Crippen molar-refractivity contribution in [2.24, 2.45) is 0 Å². The van der Waals surface area contributed by atoms with Crippen molar-refractivity contribution in [3.63, 3.8) is 0 Å². The van der Waals surface area contributed by atoms with E-state index in [1.165, 1.54) is 5.56 Å². The van der Waals surface area contributed by atoms with E-state index in [4.69, 9.17) is 11.6 Å². The molecular weight excluding hydrogens is 312 g/mol. The van der Waals surface area contributed by atoms with Crippen LogP contribution >= 0.6 is 11.6 Å². The smallest absolute Gasteiger partial charge is 0.150 e. The Labute approximate surface area is 141 Å². The molecule has 0 unspecified atom stereocenters. The number of hydrogen-bond donors (Lipinski definition) is 0. The summed E-state index contributed by atoms with van der Waals surface area (Å²) in [5.41, 5.74) is 1.23. The molecule has 0 aromatic carbocycles. The summed E-state index contributed by atoms with van der Waals surface area (Å²) >= 11 is 6.17. The summed E-state index contributed by atoms with van der Waals surface area (Å²) in [6, 6.07) is 4.25. The SMILES string of the molecule is CN(C)Cc1ccc(N2CCN(c3ncncc3Cl)CC2)nc1. The van der Waals surface area contributed by atoms with Crippen molar-refractivity contribution < 1.29 is 0 Å². The Bertz CT molecular complexity index is 637. The molecule has 0 bridgehead atoms. The lowest BCUT2D eigenvalue weighted by atomic mass is 10.2. The van der Waals surface area contributed by atoms with Gasteiger partial charge in [-0.3, -0.25) is 0 Å². The molecule has 0 spiro atoms. The number of rotatable bonds is 4. The summed E-state index contributed by atoms with van der Waals surface area (Å²) in [7, 11) is 4.12. The van der Waals surface area contributed by atoms with Gasteiger partial charge in [0.15, 0.2) is 5.82 Å². The maximum Gasteiger partial charge on any atom is 0.150 e. The van der Waals surface area contributed by atoms with Crippen LogP contribution in [0.5, 0.6) is 0 Å². The Balaban J connectivity index is 1.61. The van der Waals surface area contributed by atoms with Gasteiger partial charge in [0.25, 0.3) is 0 Å². The Morgan fingerprint density at radius 2 is 1.78 bits per heavy atom. The van der Waals surface area contributed by atoms with Crippen molar-refractivity contribution >= 4 is 23.2 Å². The van der Waals surface area contributed by atoms with Crippen molar-refractivity contribution in [2.45, 2.75) is 6.54 Å². The summed E-state index contributed by atoms with van der Waals surface area (Å²) in [4.78, 5) is 19.5. The number of nitrogens with zero attached hydrogens (tertiary/aromatic N) is 6. The number of piperazine rings is 1. The van der Waals surface area contributed by atoms with E-state index in [9.17, 15) is 0 Å². The highest BCUT2D eigenvalue weighted by Crippen LogP contribution is 2.23. The van der Waals surface area contributed by atoms with E-state index in [2.05, 4.69) is 55.9 Å². The molecule has 1 aliphatic heterocycles. The summed E-state index contributed by atoms with van der Waals surface area (Å²) in [5.74, 6) is 1.84. The normalized spacial score (nSPS) is 15.3. The van der Waals surface area contributed by atoms with Gasteiger partial charge in [-0.05, 0) is 25.7 Å². The van der Waals surface area contributed by atoms with E-state index in [0.717, 1.165) is 44.4 Å². The lowest BCUT2D eigenvalue weighted by Crippen LogP contribution is -2.47. The molecule has 0 amide bonds. The molecule has 2 aromatic rings. The maximum atomic E-state index is 6.17. The van der Waals surface area contributed by atoms with Gasteiger partial charge in [-0.2, -0.15) is 0 Å². The van der Waals surface area contributed by atoms with Crippen LogP contribution in [0.25, 0.3) is 0 Å². The highest BCUT2D eigenvalue weighted by atomic mass is 35.5. The Morgan fingerprint density at radius 3 is 2.39 bits per heavy atom.